The molecule has 2 N–H and O–H groups in total. The van der Waals surface area contributed by atoms with Crippen molar-refractivity contribution in [3.8, 4) is 0 Å². The average Bonchev–Trinajstić information content (AvgIpc) is 2.90. The molecule has 0 unspecified atom stereocenters. The number of carbonyl (C=O) groups excluding carboxylic acids is 3. The van der Waals surface area contributed by atoms with E-state index in [0.717, 1.165) is 22.1 Å². The maximum Gasteiger partial charge on any atom is 0.414 e. The lowest BCUT2D eigenvalue weighted by atomic mass is 10.1. The number of anilines is 2. The smallest absolute Gasteiger partial charge is 0.414 e. The molecule has 2 heterocycles. The molecule has 2 fully saturated rings. The third-order valence-corrected chi connectivity index (χ3v) is 4.96. The van der Waals surface area contributed by atoms with Crippen LogP contribution in [0.2, 0.25) is 0 Å². The Morgan fingerprint density at radius 3 is 2.53 bits per heavy atom. The highest BCUT2D eigenvalue weighted by Gasteiger charge is 2.34. The van der Waals surface area contributed by atoms with Crippen LogP contribution in [-0.4, -0.2) is 68.3 Å². The summed E-state index contributed by atoms with van der Waals surface area (Å²) >= 11 is 0. The molecule has 1 aromatic rings. The molecule has 11 heteroatoms. The molecule has 0 spiro atoms. The van der Waals surface area contributed by atoms with Gasteiger partial charge in [0.15, 0.2) is 11.6 Å². The fraction of sp³-hybridized carbons (Fsp3) is 0.526. The third kappa shape index (κ3) is 4.85. The second-order valence-electron chi connectivity index (χ2n) is 7.14. The van der Waals surface area contributed by atoms with Crippen LogP contribution in [0.15, 0.2) is 12.1 Å². The quantitative estimate of drug-likeness (QED) is 0.729. The van der Waals surface area contributed by atoms with Gasteiger partial charge in [0, 0.05) is 31.6 Å². The molecular formula is C19H24F2N4O5. The lowest BCUT2D eigenvalue weighted by molar-refractivity contribution is -0.180. The fourth-order valence-electron chi connectivity index (χ4n) is 3.43. The fourth-order valence-corrected chi connectivity index (χ4v) is 3.43. The Hall–Kier alpha value is -2.79. The van der Waals surface area contributed by atoms with Crippen LogP contribution in [0.3, 0.4) is 0 Å². The Balaban J connectivity index is 1.73. The van der Waals surface area contributed by atoms with Gasteiger partial charge in [-0.3, -0.25) is 14.5 Å². The number of cyclic esters (lactones) is 1. The van der Waals surface area contributed by atoms with Gasteiger partial charge < -0.3 is 20.2 Å². The lowest BCUT2D eigenvalue weighted by Gasteiger charge is -2.24. The van der Waals surface area contributed by atoms with E-state index in [9.17, 15) is 23.2 Å². The Bertz CT molecular complexity index is 814. The number of amides is 2. The van der Waals surface area contributed by atoms with Crippen molar-refractivity contribution in [2.75, 3.05) is 49.1 Å². The summed E-state index contributed by atoms with van der Waals surface area (Å²) in [5, 5.41) is 1.09. The molecule has 0 saturated carbocycles. The Morgan fingerprint density at radius 2 is 1.90 bits per heavy atom. The normalized spacial score (nSPS) is 19.7. The third-order valence-electron chi connectivity index (χ3n) is 4.96. The number of benzene rings is 1. The summed E-state index contributed by atoms with van der Waals surface area (Å²) in [5.41, 5.74) is 5.09. The molecular weight excluding hydrogens is 402 g/mol. The molecule has 2 aliphatic heterocycles. The number of nitrogens with two attached hydrogens (primary N) is 1. The van der Waals surface area contributed by atoms with E-state index in [4.69, 9.17) is 15.3 Å². The van der Waals surface area contributed by atoms with Gasteiger partial charge in [-0.1, -0.05) is 0 Å². The van der Waals surface area contributed by atoms with Crippen molar-refractivity contribution < 1.29 is 32.7 Å². The van der Waals surface area contributed by atoms with Crippen molar-refractivity contribution in [1.82, 2.24) is 5.06 Å². The van der Waals surface area contributed by atoms with E-state index in [1.807, 2.05) is 0 Å². The summed E-state index contributed by atoms with van der Waals surface area (Å²) in [6, 6.07) is 2.14. The largest absolute Gasteiger partial charge is 0.444 e. The van der Waals surface area contributed by atoms with Crippen LogP contribution in [0.1, 0.15) is 19.8 Å². The molecule has 1 aromatic carbocycles. The van der Waals surface area contributed by atoms with Gasteiger partial charge in [0.1, 0.15) is 17.6 Å². The number of carbonyl (C=O) groups is 3. The highest BCUT2D eigenvalue weighted by Crippen LogP contribution is 2.32. The first-order valence-corrected chi connectivity index (χ1v) is 9.65. The van der Waals surface area contributed by atoms with Crippen molar-refractivity contribution >= 4 is 29.2 Å². The Morgan fingerprint density at radius 1 is 1.20 bits per heavy atom. The number of ether oxygens (including phenoxy) is 1. The van der Waals surface area contributed by atoms with E-state index in [-0.39, 0.29) is 62.9 Å². The first-order valence-electron chi connectivity index (χ1n) is 9.65. The SMILES string of the molecule is CC(=O)CC[C@H]1CN(c2cc(F)c(N3CCON(C(=O)CN)CC3)c(F)c2)C(=O)O1. The molecule has 0 bridgehead atoms. The Labute approximate surface area is 172 Å². The molecule has 0 aromatic heterocycles. The first-order chi connectivity index (χ1) is 14.3. The maximum absolute atomic E-state index is 14.8. The number of ketones is 1. The average molecular weight is 426 g/mol. The summed E-state index contributed by atoms with van der Waals surface area (Å²) in [4.78, 5) is 42.8. The number of hydroxylamine groups is 2. The van der Waals surface area contributed by atoms with Gasteiger partial charge in [-0.05, 0) is 13.3 Å². The van der Waals surface area contributed by atoms with Gasteiger partial charge >= 0.3 is 6.09 Å². The molecule has 1 atom stereocenters. The van der Waals surface area contributed by atoms with Gasteiger partial charge in [-0.15, -0.1) is 0 Å². The second-order valence-corrected chi connectivity index (χ2v) is 7.14. The van der Waals surface area contributed by atoms with Crippen LogP contribution in [0, 0.1) is 11.6 Å². The number of hydrogen-bond donors (Lipinski definition) is 1. The van der Waals surface area contributed by atoms with Crippen molar-refractivity contribution in [3.05, 3.63) is 23.8 Å². The summed E-state index contributed by atoms with van der Waals surface area (Å²) < 4.78 is 34.9. The number of halogens is 2. The van der Waals surface area contributed by atoms with Crippen molar-refractivity contribution in [1.29, 1.82) is 0 Å². The highest BCUT2D eigenvalue weighted by atomic mass is 19.1. The number of Topliss-reactive ketones (excluding diaryl/α,β-unsaturated/α-hetero) is 1. The minimum atomic E-state index is -0.844. The molecule has 30 heavy (non-hydrogen) atoms. The zero-order chi connectivity index (χ0) is 21.8. The first kappa shape index (κ1) is 21.9. The standard InChI is InChI=1S/C19H24F2N4O5/c1-12(26)2-3-14-11-24(19(28)30-14)13-8-15(20)18(16(21)9-13)23-4-5-25(17(27)10-22)29-7-6-23/h8-9,14H,2-7,10-11,22H2,1H3/t14-/m0/s1. The van der Waals surface area contributed by atoms with Crippen LogP contribution in [0.25, 0.3) is 0 Å². The molecule has 9 nitrogen and oxygen atoms in total. The van der Waals surface area contributed by atoms with Crippen LogP contribution in [0.4, 0.5) is 25.0 Å². The van der Waals surface area contributed by atoms with Gasteiger partial charge in [0.05, 0.1) is 31.9 Å². The van der Waals surface area contributed by atoms with Crippen molar-refractivity contribution in [2.24, 2.45) is 5.73 Å². The van der Waals surface area contributed by atoms with Crippen LogP contribution in [0.5, 0.6) is 0 Å². The van der Waals surface area contributed by atoms with Crippen LogP contribution < -0.4 is 15.5 Å². The molecule has 0 radical (unpaired) electrons. The van der Waals surface area contributed by atoms with Crippen LogP contribution in [-0.2, 0) is 19.2 Å². The zero-order valence-corrected chi connectivity index (χ0v) is 16.6. The summed E-state index contributed by atoms with van der Waals surface area (Å²) in [7, 11) is 0. The molecule has 2 aliphatic rings. The minimum absolute atomic E-state index is 0.0286. The van der Waals surface area contributed by atoms with E-state index in [1.165, 1.54) is 11.8 Å². The number of hydrogen-bond acceptors (Lipinski definition) is 7. The van der Waals surface area contributed by atoms with Crippen molar-refractivity contribution in [3.63, 3.8) is 0 Å². The van der Waals surface area contributed by atoms with Gasteiger partial charge in [-0.25, -0.2) is 18.6 Å². The van der Waals surface area contributed by atoms with E-state index in [1.54, 1.807) is 0 Å². The monoisotopic (exact) mass is 426 g/mol. The van der Waals surface area contributed by atoms with Gasteiger partial charge in [0.25, 0.3) is 5.91 Å². The molecule has 3 rings (SSSR count). The van der Waals surface area contributed by atoms with E-state index in [2.05, 4.69) is 0 Å². The predicted molar refractivity (Wildman–Crippen MR) is 103 cm³/mol. The Kier molecular flexibility index (Phi) is 6.83. The van der Waals surface area contributed by atoms with Crippen LogP contribution >= 0.6 is 0 Å². The topological polar surface area (TPSA) is 105 Å². The molecule has 164 valence electrons. The molecule has 0 aliphatic carbocycles. The van der Waals surface area contributed by atoms with E-state index in [0.29, 0.717) is 6.42 Å². The predicted octanol–water partition coefficient (Wildman–Crippen LogP) is 1.20. The number of rotatable bonds is 6. The van der Waals surface area contributed by atoms with E-state index < -0.39 is 29.7 Å². The molecule has 2 amide bonds. The highest BCUT2D eigenvalue weighted by molar-refractivity contribution is 5.90. The summed E-state index contributed by atoms with van der Waals surface area (Å²) in [6.45, 7) is 1.81. The summed E-state index contributed by atoms with van der Waals surface area (Å²) in [6.07, 6.45) is -0.615. The van der Waals surface area contributed by atoms with Gasteiger partial charge in [-0.2, -0.15) is 0 Å². The zero-order valence-electron chi connectivity index (χ0n) is 16.6. The second kappa shape index (κ2) is 9.35. The summed E-state index contributed by atoms with van der Waals surface area (Å²) in [5.74, 6) is -2.13. The van der Waals surface area contributed by atoms with Crippen molar-refractivity contribution in [2.45, 2.75) is 25.9 Å². The minimum Gasteiger partial charge on any atom is -0.444 e. The molecule has 2 saturated heterocycles. The van der Waals surface area contributed by atoms with Gasteiger partial charge in [0.2, 0.25) is 0 Å². The lowest BCUT2D eigenvalue weighted by Crippen LogP contribution is -2.38. The number of nitrogens with zero attached hydrogens (tertiary/aromatic N) is 3. The van der Waals surface area contributed by atoms with E-state index >= 15 is 0 Å². The maximum atomic E-state index is 14.8.